The molecule has 4 rings (SSSR count). The maximum absolute atomic E-state index is 12.6. The lowest BCUT2D eigenvalue weighted by atomic mass is 9.95. The van der Waals surface area contributed by atoms with Gasteiger partial charge in [-0.25, -0.2) is 4.79 Å². The Balaban J connectivity index is 1.47. The summed E-state index contributed by atoms with van der Waals surface area (Å²) in [5.41, 5.74) is 5.08. The summed E-state index contributed by atoms with van der Waals surface area (Å²) in [7, 11) is 0. The van der Waals surface area contributed by atoms with Gasteiger partial charge in [0.25, 0.3) is 0 Å². The van der Waals surface area contributed by atoms with Gasteiger partial charge in [-0.3, -0.25) is 15.1 Å². The molecule has 2 unspecified atom stereocenters. The third kappa shape index (κ3) is 6.08. The van der Waals surface area contributed by atoms with Crippen molar-refractivity contribution >= 4 is 17.7 Å². The maximum Gasteiger partial charge on any atom is 0.412 e. The van der Waals surface area contributed by atoms with Gasteiger partial charge >= 0.3 is 12.1 Å². The highest BCUT2D eigenvalue weighted by molar-refractivity contribution is 5.90. The van der Waals surface area contributed by atoms with Crippen molar-refractivity contribution in [2.45, 2.75) is 46.1 Å². The number of benzene rings is 2. The van der Waals surface area contributed by atoms with Crippen LogP contribution in [0, 0.1) is 6.92 Å². The van der Waals surface area contributed by atoms with Gasteiger partial charge in [-0.15, -0.1) is 0 Å². The third-order valence-corrected chi connectivity index (χ3v) is 6.26. The number of ether oxygens (including phenoxy) is 2. The van der Waals surface area contributed by atoms with E-state index in [-0.39, 0.29) is 11.9 Å². The second kappa shape index (κ2) is 12.2. The van der Waals surface area contributed by atoms with Crippen molar-refractivity contribution in [2.24, 2.45) is 0 Å². The molecule has 8 nitrogen and oxygen atoms in total. The van der Waals surface area contributed by atoms with Gasteiger partial charge in [0.05, 0.1) is 18.2 Å². The number of nitrogens with zero attached hydrogens (tertiary/aromatic N) is 2. The Labute approximate surface area is 222 Å². The van der Waals surface area contributed by atoms with Crippen molar-refractivity contribution in [3.05, 3.63) is 89.7 Å². The number of esters is 1. The minimum absolute atomic E-state index is 0.213. The van der Waals surface area contributed by atoms with Crippen LogP contribution in [0.5, 0.6) is 0 Å². The summed E-state index contributed by atoms with van der Waals surface area (Å²) in [6.07, 6.45) is 1.31. The zero-order chi connectivity index (χ0) is 27.1. The fourth-order valence-electron chi connectivity index (χ4n) is 4.16. The lowest BCUT2D eigenvalue weighted by molar-refractivity contribution is -0.145. The molecule has 1 amide bonds. The average molecular weight is 514 g/mol. The van der Waals surface area contributed by atoms with Gasteiger partial charge in [0.15, 0.2) is 5.76 Å². The van der Waals surface area contributed by atoms with Gasteiger partial charge in [-0.2, -0.15) is 0 Å². The van der Waals surface area contributed by atoms with Crippen molar-refractivity contribution in [1.29, 1.82) is 0 Å². The number of anilines is 1. The molecule has 2 atom stereocenters. The molecular weight excluding hydrogens is 482 g/mol. The largest absolute Gasteiger partial charge is 0.466 e. The summed E-state index contributed by atoms with van der Waals surface area (Å²) in [6, 6.07) is 21.0. The summed E-state index contributed by atoms with van der Waals surface area (Å²) in [5, 5.41) is 6.78. The number of pyridine rings is 1. The number of aromatic nitrogens is 2. The van der Waals surface area contributed by atoms with E-state index >= 15 is 0 Å². The van der Waals surface area contributed by atoms with Crippen LogP contribution in [-0.4, -0.2) is 28.8 Å². The average Bonchev–Trinajstić information content (AvgIpc) is 3.29. The number of carbonyl (C=O) groups is 2. The molecule has 0 bridgehead atoms. The van der Waals surface area contributed by atoms with Crippen molar-refractivity contribution in [3.8, 4) is 22.6 Å². The van der Waals surface area contributed by atoms with Crippen LogP contribution in [0.4, 0.5) is 10.5 Å². The first kappa shape index (κ1) is 26.6. The molecule has 0 saturated heterocycles. The highest BCUT2D eigenvalue weighted by atomic mass is 16.6. The van der Waals surface area contributed by atoms with Crippen molar-refractivity contribution in [3.63, 3.8) is 0 Å². The molecule has 0 spiro atoms. The van der Waals surface area contributed by atoms with Crippen LogP contribution >= 0.6 is 0 Å². The predicted molar refractivity (Wildman–Crippen MR) is 145 cm³/mol. The van der Waals surface area contributed by atoms with Crippen LogP contribution in [0.1, 0.15) is 56.0 Å². The summed E-state index contributed by atoms with van der Waals surface area (Å²) >= 11 is 0. The minimum Gasteiger partial charge on any atom is -0.466 e. The molecular formula is C30H31N3O5. The Morgan fingerprint density at radius 3 is 2.29 bits per heavy atom. The van der Waals surface area contributed by atoms with Crippen LogP contribution in [0.15, 0.2) is 77.4 Å². The molecule has 1 N–H and O–H groups in total. The van der Waals surface area contributed by atoms with E-state index in [9.17, 15) is 9.59 Å². The lowest BCUT2D eigenvalue weighted by Gasteiger charge is -2.14. The maximum atomic E-state index is 12.6. The number of carbonyl (C=O) groups excluding carboxylic acids is 2. The molecule has 0 aliphatic heterocycles. The number of hydrogen-bond acceptors (Lipinski definition) is 7. The van der Waals surface area contributed by atoms with E-state index in [0.717, 1.165) is 22.4 Å². The molecule has 0 radical (unpaired) electrons. The van der Waals surface area contributed by atoms with Crippen LogP contribution in [0.2, 0.25) is 0 Å². The SMILES string of the molecule is CCOC(=O)C(CC)c1ccc(-c2ccc(-c3onc(C)c3NC(=O)OC(C)c3ccccc3)cn2)cc1. The summed E-state index contributed by atoms with van der Waals surface area (Å²) in [5.74, 6) is -0.112. The molecule has 0 aliphatic rings. The van der Waals surface area contributed by atoms with E-state index < -0.39 is 12.2 Å². The van der Waals surface area contributed by atoms with Crippen LogP contribution in [0.25, 0.3) is 22.6 Å². The van der Waals surface area contributed by atoms with Gasteiger partial charge in [-0.1, -0.05) is 66.7 Å². The van der Waals surface area contributed by atoms with E-state index in [4.69, 9.17) is 14.0 Å². The molecule has 2 aromatic heterocycles. The van der Waals surface area contributed by atoms with Crippen molar-refractivity contribution < 1.29 is 23.6 Å². The molecule has 0 saturated carbocycles. The summed E-state index contributed by atoms with van der Waals surface area (Å²) in [6.45, 7) is 7.69. The topological polar surface area (TPSA) is 104 Å². The molecule has 0 fully saturated rings. The Bertz CT molecular complexity index is 1370. The summed E-state index contributed by atoms with van der Waals surface area (Å²) < 4.78 is 16.2. The van der Waals surface area contributed by atoms with E-state index in [1.807, 2.05) is 80.6 Å². The van der Waals surface area contributed by atoms with Crippen LogP contribution in [0.3, 0.4) is 0 Å². The zero-order valence-electron chi connectivity index (χ0n) is 21.9. The monoisotopic (exact) mass is 513 g/mol. The van der Waals surface area contributed by atoms with Crippen LogP contribution < -0.4 is 5.32 Å². The number of amides is 1. The molecule has 8 heteroatoms. The molecule has 196 valence electrons. The number of nitrogens with one attached hydrogen (secondary N) is 1. The molecule has 2 heterocycles. The zero-order valence-corrected chi connectivity index (χ0v) is 21.9. The van der Waals surface area contributed by atoms with Gasteiger partial charge in [-0.05, 0) is 50.5 Å². The third-order valence-electron chi connectivity index (χ3n) is 6.26. The highest BCUT2D eigenvalue weighted by Gasteiger charge is 2.21. The predicted octanol–water partition coefficient (Wildman–Crippen LogP) is 7.08. The van der Waals surface area contributed by atoms with Gasteiger partial charge < -0.3 is 14.0 Å². The van der Waals surface area contributed by atoms with E-state index in [0.29, 0.717) is 35.7 Å². The van der Waals surface area contributed by atoms with Gasteiger partial charge in [0.1, 0.15) is 17.5 Å². The number of rotatable bonds is 9. The molecule has 0 aliphatic carbocycles. The number of hydrogen-bond donors (Lipinski definition) is 1. The fourth-order valence-corrected chi connectivity index (χ4v) is 4.16. The van der Waals surface area contributed by atoms with E-state index in [2.05, 4.69) is 15.5 Å². The molecule has 38 heavy (non-hydrogen) atoms. The molecule has 2 aromatic carbocycles. The Hall–Kier alpha value is -4.46. The quantitative estimate of drug-likeness (QED) is 0.239. The first-order chi connectivity index (χ1) is 18.4. The minimum atomic E-state index is -0.605. The summed E-state index contributed by atoms with van der Waals surface area (Å²) in [4.78, 5) is 29.4. The van der Waals surface area contributed by atoms with Gasteiger partial charge in [0.2, 0.25) is 0 Å². The van der Waals surface area contributed by atoms with Gasteiger partial charge in [0, 0.05) is 17.3 Å². The highest BCUT2D eigenvalue weighted by Crippen LogP contribution is 2.32. The Kier molecular flexibility index (Phi) is 8.53. The Morgan fingerprint density at radius 2 is 1.66 bits per heavy atom. The fraction of sp³-hybridized carbons (Fsp3) is 0.267. The Morgan fingerprint density at radius 1 is 0.947 bits per heavy atom. The first-order valence-corrected chi connectivity index (χ1v) is 12.6. The smallest absolute Gasteiger partial charge is 0.412 e. The van der Waals surface area contributed by atoms with Crippen LogP contribution in [-0.2, 0) is 14.3 Å². The lowest BCUT2D eigenvalue weighted by Crippen LogP contribution is -2.16. The number of aryl methyl sites for hydroxylation is 1. The van der Waals surface area contributed by atoms with E-state index in [1.165, 1.54) is 0 Å². The second-order valence-electron chi connectivity index (χ2n) is 8.82. The van der Waals surface area contributed by atoms with E-state index in [1.54, 1.807) is 20.0 Å². The first-order valence-electron chi connectivity index (χ1n) is 12.6. The van der Waals surface area contributed by atoms with Crippen molar-refractivity contribution in [1.82, 2.24) is 10.1 Å². The second-order valence-corrected chi connectivity index (χ2v) is 8.82. The van der Waals surface area contributed by atoms with Crippen molar-refractivity contribution in [2.75, 3.05) is 11.9 Å². The molecule has 4 aromatic rings. The standard InChI is InChI=1S/C30H31N3O5/c1-5-25(29(34)36-6-2)22-12-14-23(15-13-22)26-17-16-24(18-31-26)28-27(19(3)33-38-28)32-30(35)37-20(4)21-10-8-7-9-11-21/h7-18,20,25H,5-6H2,1-4H3,(H,32,35). The normalized spacial score (nSPS) is 12.4.